The predicted octanol–water partition coefficient (Wildman–Crippen LogP) is 5.26. The van der Waals surface area contributed by atoms with E-state index in [9.17, 15) is 8.78 Å². The molecule has 0 atom stereocenters. The van der Waals surface area contributed by atoms with E-state index in [0.717, 1.165) is 28.6 Å². The van der Waals surface area contributed by atoms with Crippen molar-refractivity contribution in [3.8, 4) is 16.9 Å². The van der Waals surface area contributed by atoms with Crippen LogP contribution < -0.4 is 5.43 Å². The molecule has 4 nitrogen and oxygen atoms in total. The van der Waals surface area contributed by atoms with Gasteiger partial charge in [0.1, 0.15) is 11.5 Å². The Balaban J connectivity index is 1.67. The number of anilines is 1. The minimum absolute atomic E-state index is 0.0920. The van der Waals surface area contributed by atoms with Crippen molar-refractivity contribution < 1.29 is 8.78 Å². The Morgan fingerprint density at radius 3 is 2.32 bits per heavy atom. The molecule has 0 unspecified atom stereocenters. The molecule has 0 amide bonds. The summed E-state index contributed by atoms with van der Waals surface area (Å²) in [6.07, 6.45) is 3.42. The van der Waals surface area contributed by atoms with E-state index < -0.39 is 11.6 Å². The van der Waals surface area contributed by atoms with Crippen LogP contribution in [0.15, 0.2) is 90.2 Å². The lowest BCUT2D eigenvalue weighted by atomic mass is 10.1. The number of hydrogen-bond acceptors (Lipinski definition) is 3. The van der Waals surface area contributed by atoms with Crippen LogP contribution in [0.25, 0.3) is 16.9 Å². The molecule has 0 bridgehead atoms. The smallest absolute Gasteiger partial charge is 0.151 e. The van der Waals surface area contributed by atoms with Crippen LogP contribution in [0, 0.1) is 11.6 Å². The summed E-state index contributed by atoms with van der Waals surface area (Å²) in [7, 11) is 0. The van der Waals surface area contributed by atoms with Crippen LogP contribution in [-0.4, -0.2) is 16.0 Å². The normalized spacial score (nSPS) is 11.1. The minimum Gasteiger partial charge on any atom is -0.276 e. The van der Waals surface area contributed by atoms with Crippen molar-refractivity contribution in [2.75, 3.05) is 5.43 Å². The second-order valence-corrected chi connectivity index (χ2v) is 6.07. The van der Waals surface area contributed by atoms with Crippen molar-refractivity contribution in [3.05, 3.63) is 102 Å². The molecule has 1 N–H and O–H groups in total. The topological polar surface area (TPSA) is 42.2 Å². The largest absolute Gasteiger partial charge is 0.276 e. The molecule has 0 aliphatic heterocycles. The lowest BCUT2D eigenvalue weighted by Crippen LogP contribution is -1.94. The molecule has 0 fully saturated rings. The second-order valence-electron chi connectivity index (χ2n) is 6.07. The average Bonchev–Trinajstić information content (AvgIpc) is 3.15. The maximum absolute atomic E-state index is 13.8. The summed E-state index contributed by atoms with van der Waals surface area (Å²) < 4.78 is 28.5. The maximum atomic E-state index is 13.8. The van der Waals surface area contributed by atoms with Gasteiger partial charge in [-0.2, -0.15) is 10.2 Å². The zero-order valence-electron chi connectivity index (χ0n) is 14.8. The Kier molecular flexibility index (Phi) is 4.93. The van der Waals surface area contributed by atoms with Crippen molar-refractivity contribution in [2.45, 2.75) is 0 Å². The number of rotatable bonds is 5. The fourth-order valence-corrected chi connectivity index (χ4v) is 2.77. The Morgan fingerprint density at radius 2 is 1.61 bits per heavy atom. The van der Waals surface area contributed by atoms with E-state index >= 15 is 0 Å². The van der Waals surface area contributed by atoms with Gasteiger partial charge < -0.3 is 0 Å². The molecule has 0 saturated carbocycles. The quantitative estimate of drug-likeness (QED) is 0.382. The summed E-state index contributed by atoms with van der Waals surface area (Å²) in [5.41, 5.74) is 6.05. The predicted molar refractivity (Wildman–Crippen MR) is 107 cm³/mol. The molecule has 28 heavy (non-hydrogen) atoms. The van der Waals surface area contributed by atoms with Crippen molar-refractivity contribution >= 4 is 11.9 Å². The van der Waals surface area contributed by atoms with Crippen molar-refractivity contribution in [1.29, 1.82) is 0 Å². The third kappa shape index (κ3) is 3.81. The molecule has 138 valence electrons. The molecule has 0 aliphatic carbocycles. The Hall–Kier alpha value is -3.80. The molecule has 1 aromatic heterocycles. The van der Waals surface area contributed by atoms with E-state index in [1.807, 2.05) is 66.9 Å². The van der Waals surface area contributed by atoms with Gasteiger partial charge in [0.05, 0.1) is 17.6 Å². The fourth-order valence-electron chi connectivity index (χ4n) is 2.77. The van der Waals surface area contributed by atoms with Crippen LogP contribution in [0.3, 0.4) is 0 Å². The van der Waals surface area contributed by atoms with Gasteiger partial charge in [-0.3, -0.25) is 5.43 Å². The van der Waals surface area contributed by atoms with Crippen LogP contribution in [0.1, 0.15) is 5.56 Å². The summed E-state index contributed by atoms with van der Waals surface area (Å²) >= 11 is 0. The van der Waals surface area contributed by atoms with Gasteiger partial charge in [-0.05, 0) is 24.3 Å². The molecular weight excluding hydrogens is 358 g/mol. The molecule has 3 aromatic carbocycles. The highest BCUT2D eigenvalue weighted by molar-refractivity contribution is 5.89. The number of halogens is 2. The van der Waals surface area contributed by atoms with Gasteiger partial charge in [0.2, 0.25) is 0 Å². The van der Waals surface area contributed by atoms with Gasteiger partial charge in [-0.25, -0.2) is 13.5 Å². The lowest BCUT2D eigenvalue weighted by Gasteiger charge is -2.02. The van der Waals surface area contributed by atoms with Crippen LogP contribution in [-0.2, 0) is 0 Å². The van der Waals surface area contributed by atoms with Crippen molar-refractivity contribution in [1.82, 2.24) is 9.78 Å². The Bertz CT molecular complexity index is 1110. The first-order chi connectivity index (χ1) is 13.7. The number of benzene rings is 3. The SMILES string of the molecule is Fc1ccc(N/N=C/c2cn(-c3ccccc3)nc2-c2ccccc2)c(F)c1. The highest BCUT2D eigenvalue weighted by atomic mass is 19.1. The van der Waals surface area contributed by atoms with Gasteiger partial charge in [-0.1, -0.05) is 48.5 Å². The molecule has 0 radical (unpaired) electrons. The molecular formula is C22H16F2N4. The van der Waals surface area contributed by atoms with Gasteiger partial charge in [0, 0.05) is 23.4 Å². The van der Waals surface area contributed by atoms with E-state index in [0.29, 0.717) is 0 Å². The molecule has 0 aliphatic rings. The number of para-hydroxylation sites is 1. The average molecular weight is 374 g/mol. The number of hydrazone groups is 1. The minimum atomic E-state index is -0.708. The van der Waals surface area contributed by atoms with Gasteiger partial charge in [-0.15, -0.1) is 0 Å². The number of nitrogens with one attached hydrogen (secondary N) is 1. The highest BCUT2D eigenvalue weighted by Gasteiger charge is 2.11. The third-order valence-corrected chi connectivity index (χ3v) is 4.13. The first-order valence-corrected chi connectivity index (χ1v) is 8.65. The van der Waals surface area contributed by atoms with E-state index in [1.165, 1.54) is 12.1 Å². The zero-order chi connectivity index (χ0) is 19.3. The first kappa shape index (κ1) is 17.6. The molecule has 0 saturated heterocycles. The monoisotopic (exact) mass is 374 g/mol. The Labute approximate surface area is 160 Å². The summed E-state index contributed by atoms with van der Waals surface area (Å²) in [6.45, 7) is 0. The molecule has 4 aromatic rings. The van der Waals surface area contributed by atoms with Crippen molar-refractivity contribution in [3.63, 3.8) is 0 Å². The summed E-state index contributed by atoms with van der Waals surface area (Å²) in [4.78, 5) is 0. The van der Waals surface area contributed by atoms with E-state index in [-0.39, 0.29) is 5.69 Å². The molecule has 4 rings (SSSR count). The number of aromatic nitrogens is 2. The highest BCUT2D eigenvalue weighted by Crippen LogP contribution is 2.22. The van der Waals surface area contributed by atoms with Crippen LogP contribution in [0.5, 0.6) is 0 Å². The third-order valence-electron chi connectivity index (χ3n) is 4.13. The van der Waals surface area contributed by atoms with Gasteiger partial charge in [0.15, 0.2) is 5.82 Å². The Morgan fingerprint density at radius 1 is 0.893 bits per heavy atom. The first-order valence-electron chi connectivity index (χ1n) is 8.65. The zero-order valence-corrected chi connectivity index (χ0v) is 14.8. The van der Waals surface area contributed by atoms with Gasteiger partial charge >= 0.3 is 0 Å². The standard InChI is InChI=1S/C22H16F2N4/c23-18-11-12-21(20(24)13-18)26-25-14-17-15-28(19-9-5-2-6-10-19)27-22(17)16-7-3-1-4-8-16/h1-15,26H/b25-14+. The van der Waals surface area contributed by atoms with E-state index in [2.05, 4.69) is 15.6 Å². The van der Waals surface area contributed by atoms with Crippen LogP contribution in [0.4, 0.5) is 14.5 Å². The second kappa shape index (κ2) is 7.84. The van der Waals surface area contributed by atoms with Gasteiger partial charge in [0.25, 0.3) is 0 Å². The number of nitrogens with zero attached hydrogens (tertiary/aromatic N) is 3. The van der Waals surface area contributed by atoms with Crippen LogP contribution >= 0.6 is 0 Å². The summed E-state index contributed by atoms with van der Waals surface area (Å²) in [5.74, 6) is -1.34. The van der Waals surface area contributed by atoms with Crippen molar-refractivity contribution in [2.24, 2.45) is 5.10 Å². The van der Waals surface area contributed by atoms with E-state index in [4.69, 9.17) is 0 Å². The fraction of sp³-hybridized carbons (Fsp3) is 0. The maximum Gasteiger partial charge on any atom is 0.151 e. The van der Waals surface area contributed by atoms with E-state index in [1.54, 1.807) is 10.9 Å². The summed E-state index contributed by atoms with van der Waals surface area (Å²) in [5, 5.41) is 8.78. The lowest BCUT2D eigenvalue weighted by molar-refractivity contribution is 0.585. The molecule has 0 spiro atoms. The molecule has 6 heteroatoms. The summed E-state index contributed by atoms with van der Waals surface area (Å²) in [6, 6.07) is 22.7. The van der Waals surface area contributed by atoms with Crippen LogP contribution in [0.2, 0.25) is 0 Å². The number of hydrogen-bond donors (Lipinski definition) is 1. The molecule has 1 heterocycles.